The van der Waals surface area contributed by atoms with E-state index in [9.17, 15) is 9.90 Å². The fourth-order valence-electron chi connectivity index (χ4n) is 3.70. The highest BCUT2D eigenvalue weighted by Gasteiger charge is 2.19. The lowest BCUT2D eigenvalue weighted by molar-refractivity contribution is -0.124. The van der Waals surface area contributed by atoms with Crippen LogP contribution in [0.1, 0.15) is 43.0 Å². The van der Waals surface area contributed by atoms with Crippen LogP contribution in [0, 0.1) is 19.8 Å². The molecule has 34 heavy (non-hydrogen) atoms. The Morgan fingerprint density at radius 1 is 1.21 bits per heavy atom. The Labute approximate surface area is 204 Å². The van der Waals surface area contributed by atoms with Gasteiger partial charge in [0.05, 0.1) is 4.88 Å². The summed E-state index contributed by atoms with van der Waals surface area (Å²) in [6.07, 6.45) is 0.838. The second-order valence-electron chi connectivity index (χ2n) is 8.79. The molecule has 0 saturated heterocycles. The second-order valence-corrected chi connectivity index (χ2v) is 9.67. The van der Waals surface area contributed by atoms with Gasteiger partial charge in [0.15, 0.2) is 0 Å². The molecule has 0 aliphatic heterocycles. The zero-order chi connectivity index (χ0) is 24.8. The van der Waals surface area contributed by atoms with E-state index in [2.05, 4.69) is 41.7 Å². The van der Waals surface area contributed by atoms with Gasteiger partial charge in [0.2, 0.25) is 11.8 Å². The molecule has 3 rings (SSSR count). The van der Waals surface area contributed by atoms with Crippen LogP contribution in [-0.4, -0.2) is 52.2 Å². The molecule has 2 heterocycles. The number of carbonyl (C=O) groups excluding carboxylic acids is 1. The molecule has 1 atom stereocenters. The van der Waals surface area contributed by atoms with Crippen LogP contribution in [0.5, 0.6) is 5.75 Å². The van der Waals surface area contributed by atoms with Gasteiger partial charge in [-0.05, 0) is 72.4 Å². The number of ether oxygens (including phenoxy) is 1. The van der Waals surface area contributed by atoms with Crippen molar-refractivity contribution in [3.05, 3.63) is 39.8 Å². The third-order valence-electron chi connectivity index (χ3n) is 5.47. The number of thiophene rings is 1. The van der Waals surface area contributed by atoms with Gasteiger partial charge >= 0.3 is 0 Å². The summed E-state index contributed by atoms with van der Waals surface area (Å²) >= 11 is 1.63. The molecule has 3 N–H and O–H groups in total. The van der Waals surface area contributed by atoms with Crippen molar-refractivity contribution in [2.75, 3.05) is 19.8 Å². The number of nitrogens with zero attached hydrogens (tertiary/aromatic N) is 2. The number of aromatic nitrogens is 2. The van der Waals surface area contributed by atoms with Gasteiger partial charge in [0.1, 0.15) is 25.1 Å². The van der Waals surface area contributed by atoms with Crippen molar-refractivity contribution < 1.29 is 24.2 Å². The van der Waals surface area contributed by atoms with Crippen molar-refractivity contribution in [1.29, 1.82) is 0 Å². The summed E-state index contributed by atoms with van der Waals surface area (Å²) in [4.78, 5) is 12.1. The lowest BCUT2D eigenvalue weighted by atomic mass is 10.0. The van der Waals surface area contributed by atoms with Crippen LogP contribution in [0.25, 0.3) is 22.2 Å². The van der Waals surface area contributed by atoms with Crippen molar-refractivity contribution in [3.63, 3.8) is 0 Å². The highest BCUT2D eigenvalue weighted by atomic mass is 32.1. The van der Waals surface area contributed by atoms with Gasteiger partial charge in [-0.25, -0.2) is 0 Å². The maximum absolute atomic E-state index is 11.1. The number of benzene rings is 1. The predicted molar refractivity (Wildman–Crippen MR) is 132 cm³/mol. The Balaban J connectivity index is 1.77. The summed E-state index contributed by atoms with van der Waals surface area (Å²) in [5.74, 6) is 1.70. The van der Waals surface area contributed by atoms with Gasteiger partial charge in [-0.3, -0.25) is 4.79 Å². The van der Waals surface area contributed by atoms with Crippen LogP contribution in [0.3, 0.4) is 0 Å². The van der Waals surface area contributed by atoms with E-state index in [1.165, 1.54) is 11.1 Å². The van der Waals surface area contributed by atoms with E-state index >= 15 is 0 Å². The normalized spacial score (nSPS) is 12.2. The van der Waals surface area contributed by atoms with E-state index in [0.29, 0.717) is 29.9 Å². The topological polar surface area (TPSA) is 118 Å². The largest absolute Gasteiger partial charge is 0.490 e. The lowest BCUT2D eigenvalue weighted by Crippen LogP contribution is -2.36. The maximum Gasteiger partial charge on any atom is 0.258 e. The zero-order valence-corrected chi connectivity index (χ0v) is 21.2. The molecule has 3 aromatic rings. The molecular formula is C25H33N3O5S. The van der Waals surface area contributed by atoms with Crippen LogP contribution in [-0.2, 0) is 17.6 Å². The van der Waals surface area contributed by atoms with E-state index in [4.69, 9.17) is 14.3 Å². The first-order valence-electron chi connectivity index (χ1n) is 11.5. The highest BCUT2D eigenvalue weighted by Crippen LogP contribution is 2.36. The molecule has 0 aliphatic carbocycles. The number of nitrogens with one attached hydrogen (secondary N) is 1. The third kappa shape index (κ3) is 6.22. The molecule has 0 spiro atoms. The van der Waals surface area contributed by atoms with Gasteiger partial charge in [-0.1, -0.05) is 20.8 Å². The smallest absolute Gasteiger partial charge is 0.258 e. The van der Waals surface area contributed by atoms with E-state index < -0.39 is 18.6 Å². The van der Waals surface area contributed by atoms with Gasteiger partial charge in [-0.2, -0.15) is 0 Å². The number of aryl methyl sites for hydroxylation is 2. The Morgan fingerprint density at radius 3 is 2.62 bits per heavy atom. The van der Waals surface area contributed by atoms with Gasteiger partial charge in [-0.15, -0.1) is 21.5 Å². The van der Waals surface area contributed by atoms with Crippen LogP contribution in [0.15, 0.2) is 21.9 Å². The first-order chi connectivity index (χ1) is 16.2. The number of hydrogen-bond acceptors (Lipinski definition) is 8. The minimum atomic E-state index is -0.896. The van der Waals surface area contributed by atoms with Gasteiger partial charge in [0.25, 0.3) is 5.89 Å². The Bertz CT molecular complexity index is 1120. The van der Waals surface area contributed by atoms with E-state index in [-0.39, 0.29) is 13.2 Å². The molecule has 0 radical (unpaired) electrons. The first-order valence-corrected chi connectivity index (χ1v) is 12.3. The Morgan fingerprint density at radius 2 is 1.94 bits per heavy atom. The number of rotatable bonds is 11. The Hall–Kier alpha value is -2.75. The first kappa shape index (κ1) is 25.9. The second kappa shape index (κ2) is 11.6. The average Bonchev–Trinajstić information content (AvgIpc) is 3.43. The molecule has 0 bridgehead atoms. The summed E-state index contributed by atoms with van der Waals surface area (Å²) in [7, 11) is 0. The zero-order valence-electron chi connectivity index (χ0n) is 20.3. The monoisotopic (exact) mass is 487 g/mol. The summed E-state index contributed by atoms with van der Waals surface area (Å²) < 4.78 is 11.9. The quantitative estimate of drug-likeness (QED) is 0.377. The van der Waals surface area contributed by atoms with Crippen LogP contribution in [0.2, 0.25) is 0 Å². The molecule has 9 heteroatoms. The van der Waals surface area contributed by atoms with E-state index in [0.717, 1.165) is 28.0 Å². The number of amides is 1. The van der Waals surface area contributed by atoms with Crippen LogP contribution >= 0.6 is 11.3 Å². The maximum atomic E-state index is 11.1. The Kier molecular flexibility index (Phi) is 8.82. The van der Waals surface area contributed by atoms with Gasteiger partial charge in [0, 0.05) is 12.1 Å². The van der Waals surface area contributed by atoms with Crippen LogP contribution < -0.4 is 10.1 Å². The minimum absolute atomic E-state index is 0.00373. The lowest BCUT2D eigenvalue weighted by Gasteiger charge is -2.17. The van der Waals surface area contributed by atoms with Crippen molar-refractivity contribution in [3.8, 4) is 28.0 Å². The summed E-state index contributed by atoms with van der Waals surface area (Å²) in [6.45, 7) is 9.87. The molecule has 0 fully saturated rings. The number of carbonyl (C=O) groups is 1. The highest BCUT2D eigenvalue weighted by molar-refractivity contribution is 7.13. The van der Waals surface area contributed by atoms with Crippen molar-refractivity contribution >= 4 is 17.2 Å². The van der Waals surface area contributed by atoms with Crippen molar-refractivity contribution in [1.82, 2.24) is 15.5 Å². The van der Waals surface area contributed by atoms with Crippen LogP contribution in [0.4, 0.5) is 0 Å². The number of aliphatic hydroxyl groups is 2. The molecule has 1 aromatic carbocycles. The van der Waals surface area contributed by atoms with Crippen molar-refractivity contribution in [2.24, 2.45) is 5.92 Å². The van der Waals surface area contributed by atoms with Crippen molar-refractivity contribution in [2.45, 2.75) is 53.6 Å². The summed E-state index contributed by atoms with van der Waals surface area (Å²) in [5, 5.41) is 32.0. The van der Waals surface area contributed by atoms with E-state index in [1.807, 2.05) is 26.0 Å². The van der Waals surface area contributed by atoms with Gasteiger partial charge < -0.3 is 24.7 Å². The molecule has 1 amide bonds. The minimum Gasteiger partial charge on any atom is -0.490 e. The molecule has 0 aliphatic rings. The molecule has 0 saturated carbocycles. The molecule has 2 aromatic heterocycles. The molecule has 1 unspecified atom stereocenters. The summed E-state index contributed by atoms with van der Waals surface area (Å²) in [5.41, 5.74) is 5.16. The molecule has 184 valence electrons. The number of hydrogen-bond donors (Lipinski definition) is 3. The third-order valence-corrected chi connectivity index (χ3v) is 6.59. The SMILES string of the molecule is CCc1cc(-c2nnc(-c3scc(CC(C)C)c3C)o2)cc(C)c1OCC(O)CNC(=O)CO. The average molecular weight is 488 g/mol. The number of aliphatic hydroxyl groups excluding tert-OH is 2. The standard InChI is InChI=1S/C25H33N3O5S/c1-6-17-9-18(8-15(4)22(17)32-12-20(30)10-26-21(31)11-29)24-27-28-25(33-24)23-16(5)19(13-34-23)7-14(2)3/h8-9,13-14,20,29-30H,6-7,10-12H2,1-5H3,(H,26,31). The summed E-state index contributed by atoms with van der Waals surface area (Å²) in [6, 6.07) is 3.89. The predicted octanol–water partition coefficient (Wildman–Crippen LogP) is 3.69. The fraction of sp³-hybridized carbons (Fsp3) is 0.480. The van der Waals surface area contributed by atoms with E-state index in [1.54, 1.807) is 11.3 Å². The fourth-order valence-corrected chi connectivity index (χ4v) is 4.73. The molecular weight excluding hydrogens is 454 g/mol. The molecule has 8 nitrogen and oxygen atoms in total.